The first-order valence-corrected chi connectivity index (χ1v) is 7.82. The molecule has 0 aromatic heterocycles. The third kappa shape index (κ3) is 4.21. The molecular formula is C18H15NO3S. The summed E-state index contributed by atoms with van der Waals surface area (Å²) >= 11 is 1.32. The molecule has 0 saturated carbocycles. The predicted molar refractivity (Wildman–Crippen MR) is 87.3 cm³/mol. The zero-order valence-electron chi connectivity index (χ0n) is 12.8. The molecule has 4 nitrogen and oxygen atoms in total. The first kappa shape index (κ1) is 16.8. The number of nitrogens with zero attached hydrogens (tertiary/aromatic N) is 1. The van der Waals surface area contributed by atoms with Gasteiger partial charge in [0.1, 0.15) is 6.07 Å². The van der Waals surface area contributed by atoms with Gasteiger partial charge in [0.05, 0.1) is 11.1 Å². The van der Waals surface area contributed by atoms with Gasteiger partial charge in [-0.2, -0.15) is 5.26 Å². The van der Waals surface area contributed by atoms with Crippen LogP contribution in [0.4, 0.5) is 0 Å². The number of carbonyl (C=O) groups is 2. The average molecular weight is 325 g/mol. The summed E-state index contributed by atoms with van der Waals surface area (Å²) in [4.78, 5) is 25.0. The highest BCUT2D eigenvalue weighted by atomic mass is 32.2. The molecule has 0 aliphatic heterocycles. The number of hydrogen-bond donors (Lipinski definition) is 0. The first-order valence-electron chi connectivity index (χ1n) is 7.00. The van der Waals surface area contributed by atoms with Crippen LogP contribution in [0.2, 0.25) is 0 Å². The van der Waals surface area contributed by atoms with Gasteiger partial charge >= 0.3 is 5.97 Å². The van der Waals surface area contributed by atoms with Gasteiger partial charge in [0.15, 0.2) is 11.9 Å². The number of Topliss-reactive ketones (excluding diaryl/α,β-unsaturated/α-hetero) is 1. The van der Waals surface area contributed by atoms with Gasteiger partial charge < -0.3 is 4.74 Å². The third-order valence-corrected chi connectivity index (χ3v) is 4.34. The minimum atomic E-state index is -0.785. The van der Waals surface area contributed by atoms with Crippen molar-refractivity contribution in [1.82, 2.24) is 0 Å². The van der Waals surface area contributed by atoms with E-state index in [0.29, 0.717) is 16.0 Å². The topological polar surface area (TPSA) is 67.2 Å². The molecule has 0 heterocycles. The fourth-order valence-electron chi connectivity index (χ4n) is 1.80. The number of ketones is 1. The van der Waals surface area contributed by atoms with Gasteiger partial charge in [0, 0.05) is 9.79 Å². The summed E-state index contributed by atoms with van der Waals surface area (Å²) in [5, 5.41) is 9.16. The van der Waals surface area contributed by atoms with Crippen molar-refractivity contribution in [2.24, 2.45) is 0 Å². The van der Waals surface area contributed by atoms with Crippen molar-refractivity contribution in [3.8, 4) is 6.07 Å². The van der Waals surface area contributed by atoms with Gasteiger partial charge in [-0.1, -0.05) is 36.0 Å². The van der Waals surface area contributed by atoms with E-state index in [1.807, 2.05) is 18.2 Å². The number of rotatable bonds is 5. The number of ether oxygens (including phenoxy) is 1. The van der Waals surface area contributed by atoms with Crippen LogP contribution >= 0.6 is 11.8 Å². The molecule has 1 unspecified atom stereocenters. The molecule has 0 aliphatic rings. The molecule has 0 spiro atoms. The number of esters is 1. The van der Waals surface area contributed by atoms with Crippen LogP contribution in [0.1, 0.15) is 29.8 Å². The van der Waals surface area contributed by atoms with Gasteiger partial charge in [-0.25, -0.2) is 4.79 Å². The Kier molecular flexibility index (Phi) is 5.56. The Bertz CT molecular complexity index is 780. The molecular weight excluding hydrogens is 310 g/mol. The lowest BCUT2D eigenvalue weighted by molar-refractivity contribution is -0.124. The third-order valence-electron chi connectivity index (χ3n) is 3.19. The highest BCUT2D eigenvalue weighted by molar-refractivity contribution is 7.99. The Labute approximate surface area is 139 Å². The van der Waals surface area contributed by atoms with Gasteiger partial charge in [0.2, 0.25) is 0 Å². The summed E-state index contributed by atoms with van der Waals surface area (Å²) in [7, 11) is 0. The second-order valence-electron chi connectivity index (χ2n) is 4.86. The lowest BCUT2D eigenvalue weighted by Gasteiger charge is -2.13. The number of hydrogen-bond acceptors (Lipinski definition) is 5. The second kappa shape index (κ2) is 7.61. The molecule has 2 aromatic carbocycles. The Hall–Kier alpha value is -2.58. The predicted octanol–water partition coefficient (Wildman–Crippen LogP) is 3.84. The molecule has 23 heavy (non-hydrogen) atoms. The van der Waals surface area contributed by atoms with Gasteiger partial charge in [-0.3, -0.25) is 4.79 Å². The zero-order valence-corrected chi connectivity index (χ0v) is 13.6. The van der Waals surface area contributed by atoms with E-state index in [4.69, 9.17) is 10.00 Å². The number of nitriles is 1. The summed E-state index contributed by atoms with van der Waals surface area (Å²) < 4.78 is 5.17. The highest BCUT2D eigenvalue weighted by Crippen LogP contribution is 2.32. The smallest absolute Gasteiger partial charge is 0.339 e. The fourth-order valence-corrected chi connectivity index (χ4v) is 2.81. The maximum atomic E-state index is 12.3. The Balaban J connectivity index is 2.29. The van der Waals surface area contributed by atoms with Crippen molar-refractivity contribution in [3.63, 3.8) is 0 Å². The Morgan fingerprint density at radius 1 is 1.09 bits per heavy atom. The molecule has 0 aliphatic carbocycles. The monoisotopic (exact) mass is 325 g/mol. The van der Waals surface area contributed by atoms with Crippen LogP contribution in [-0.2, 0) is 9.53 Å². The van der Waals surface area contributed by atoms with Crippen LogP contribution in [0.15, 0.2) is 58.3 Å². The summed E-state index contributed by atoms with van der Waals surface area (Å²) in [5.41, 5.74) is 0.913. The Morgan fingerprint density at radius 2 is 1.70 bits per heavy atom. The van der Waals surface area contributed by atoms with Gasteiger partial charge in [-0.15, -0.1) is 0 Å². The van der Waals surface area contributed by atoms with E-state index in [9.17, 15) is 9.59 Å². The molecule has 2 rings (SSSR count). The summed E-state index contributed by atoms with van der Waals surface area (Å²) in [6, 6.07) is 16.3. The normalized spacial score (nSPS) is 11.3. The minimum Gasteiger partial charge on any atom is -0.451 e. The van der Waals surface area contributed by atoms with E-state index in [-0.39, 0.29) is 5.78 Å². The van der Waals surface area contributed by atoms with Crippen molar-refractivity contribution in [1.29, 1.82) is 5.26 Å². The molecule has 5 heteroatoms. The molecule has 2 aromatic rings. The van der Waals surface area contributed by atoms with E-state index in [1.54, 1.807) is 37.3 Å². The fraction of sp³-hybridized carbons (Fsp3) is 0.167. The van der Waals surface area contributed by atoms with Crippen LogP contribution in [0.5, 0.6) is 0 Å². The highest BCUT2D eigenvalue weighted by Gasteiger charge is 2.19. The van der Waals surface area contributed by atoms with Crippen LogP contribution in [0.3, 0.4) is 0 Å². The van der Waals surface area contributed by atoms with E-state index in [0.717, 1.165) is 4.90 Å². The molecule has 1 atom stereocenters. The summed E-state index contributed by atoms with van der Waals surface area (Å²) in [5.74, 6) is -0.761. The van der Waals surface area contributed by atoms with Crippen LogP contribution in [-0.4, -0.2) is 17.9 Å². The lowest BCUT2D eigenvalue weighted by Crippen LogP contribution is -2.22. The first-order chi connectivity index (χ1) is 11.0. The van der Waals surface area contributed by atoms with Crippen molar-refractivity contribution in [2.45, 2.75) is 29.7 Å². The molecule has 0 fully saturated rings. The van der Waals surface area contributed by atoms with Crippen molar-refractivity contribution >= 4 is 23.5 Å². The molecule has 0 saturated heterocycles. The van der Waals surface area contributed by atoms with Crippen LogP contribution in [0.25, 0.3) is 0 Å². The van der Waals surface area contributed by atoms with Gasteiger partial charge in [0.25, 0.3) is 0 Å². The van der Waals surface area contributed by atoms with Crippen molar-refractivity contribution in [3.05, 3.63) is 59.7 Å². The van der Waals surface area contributed by atoms with Crippen LogP contribution in [0, 0.1) is 11.3 Å². The van der Waals surface area contributed by atoms with E-state index >= 15 is 0 Å². The molecule has 0 N–H and O–H groups in total. The van der Waals surface area contributed by atoms with Gasteiger partial charge in [-0.05, 0) is 38.1 Å². The average Bonchev–Trinajstić information content (AvgIpc) is 2.55. The zero-order chi connectivity index (χ0) is 16.8. The summed E-state index contributed by atoms with van der Waals surface area (Å²) in [6.07, 6.45) is -0.785. The molecule has 0 bridgehead atoms. The SMILES string of the molecule is CC(=O)C(C)OC(=O)c1ccccc1Sc1ccccc1C#N. The Morgan fingerprint density at radius 3 is 2.35 bits per heavy atom. The standard InChI is InChI=1S/C18H15NO3S/c1-12(20)13(2)22-18(21)15-8-4-6-10-17(15)23-16-9-5-3-7-14(16)11-19/h3-10,13H,1-2H3. The minimum absolute atomic E-state index is 0.210. The van der Waals surface area contributed by atoms with Crippen molar-refractivity contribution in [2.75, 3.05) is 0 Å². The summed E-state index contributed by atoms with van der Waals surface area (Å²) in [6.45, 7) is 2.92. The van der Waals surface area contributed by atoms with E-state index < -0.39 is 12.1 Å². The number of carbonyl (C=O) groups excluding carboxylic acids is 2. The van der Waals surface area contributed by atoms with E-state index in [2.05, 4.69) is 6.07 Å². The number of benzene rings is 2. The second-order valence-corrected chi connectivity index (χ2v) is 5.95. The largest absolute Gasteiger partial charge is 0.451 e. The quantitative estimate of drug-likeness (QED) is 0.781. The maximum absolute atomic E-state index is 12.3. The maximum Gasteiger partial charge on any atom is 0.339 e. The van der Waals surface area contributed by atoms with E-state index in [1.165, 1.54) is 18.7 Å². The molecule has 0 radical (unpaired) electrons. The molecule has 116 valence electrons. The van der Waals surface area contributed by atoms with Crippen LogP contribution < -0.4 is 0 Å². The lowest BCUT2D eigenvalue weighted by atomic mass is 10.2. The molecule has 0 amide bonds. The van der Waals surface area contributed by atoms with Crippen molar-refractivity contribution < 1.29 is 14.3 Å².